The molecule has 0 spiro atoms. The Morgan fingerprint density at radius 3 is 2.59 bits per heavy atom. The van der Waals surface area contributed by atoms with Crippen molar-refractivity contribution in [1.82, 2.24) is 0 Å². The van der Waals surface area contributed by atoms with Crippen LogP contribution in [0.3, 0.4) is 0 Å². The van der Waals surface area contributed by atoms with Gasteiger partial charge in [0, 0.05) is 6.42 Å². The number of rotatable bonds is 6. The molecule has 0 aromatic rings. The van der Waals surface area contributed by atoms with Gasteiger partial charge in [-0.1, -0.05) is 25.2 Å². The molecule has 2 fully saturated rings. The number of hydrogen-bond acceptors (Lipinski definition) is 3. The number of aliphatic hydroxyl groups is 1. The van der Waals surface area contributed by atoms with Crippen molar-refractivity contribution >= 4 is 5.78 Å². The van der Waals surface area contributed by atoms with Gasteiger partial charge in [0.2, 0.25) is 0 Å². The predicted molar refractivity (Wildman–Crippen MR) is 88.5 cm³/mol. The molecular formula is C19H30O3. The second-order valence-electron chi connectivity index (χ2n) is 7.78. The van der Waals surface area contributed by atoms with Gasteiger partial charge < -0.3 is 9.84 Å². The van der Waals surface area contributed by atoms with Crippen LogP contribution < -0.4 is 0 Å². The summed E-state index contributed by atoms with van der Waals surface area (Å²) in [7, 11) is 0. The number of aliphatic hydroxyl groups excluding tert-OH is 1. The van der Waals surface area contributed by atoms with E-state index in [1.807, 2.05) is 0 Å². The second kappa shape index (κ2) is 5.93. The Morgan fingerprint density at radius 1 is 1.45 bits per heavy atom. The van der Waals surface area contributed by atoms with Crippen LogP contribution in [0.25, 0.3) is 0 Å². The van der Waals surface area contributed by atoms with Crippen LogP contribution in [0.5, 0.6) is 0 Å². The van der Waals surface area contributed by atoms with E-state index in [0.29, 0.717) is 11.8 Å². The maximum absolute atomic E-state index is 11.2. The number of carbonyl (C=O) groups excluding carboxylic acids is 1. The summed E-state index contributed by atoms with van der Waals surface area (Å²) in [6.45, 7) is 16.1. The number of ether oxygens (including phenoxy) is 1. The predicted octanol–water partition coefficient (Wildman–Crippen LogP) is 3.67. The van der Waals surface area contributed by atoms with Gasteiger partial charge in [-0.05, 0) is 57.3 Å². The molecule has 0 radical (unpaired) electrons. The lowest BCUT2D eigenvalue weighted by Crippen LogP contribution is -2.40. The molecule has 1 aliphatic heterocycles. The van der Waals surface area contributed by atoms with E-state index >= 15 is 0 Å². The van der Waals surface area contributed by atoms with E-state index in [1.165, 1.54) is 12.5 Å². The topological polar surface area (TPSA) is 49.8 Å². The van der Waals surface area contributed by atoms with Crippen molar-refractivity contribution in [3.8, 4) is 0 Å². The summed E-state index contributed by atoms with van der Waals surface area (Å²) >= 11 is 0. The van der Waals surface area contributed by atoms with Gasteiger partial charge in [0.25, 0.3) is 0 Å². The monoisotopic (exact) mass is 306 g/mol. The van der Waals surface area contributed by atoms with Crippen LogP contribution >= 0.6 is 0 Å². The third-order valence-electron chi connectivity index (χ3n) is 5.95. The largest absolute Gasteiger partial charge is 0.390 e. The summed E-state index contributed by atoms with van der Waals surface area (Å²) < 4.78 is 5.88. The molecular weight excluding hydrogens is 276 g/mol. The fourth-order valence-corrected chi connectivity index (χ4v) is 4.29. The van der Waals surface area contributed by atoms with Crippen LogP contribution in [0.1, 0.15) is 53.4 Å². The first kappa shape index (κ1) is 17.4. The Bertz CT molecular complexity index is 483. The third kappa shape index (κ3) is 3.07. The van der Waals surface area contributed by atoms with Crippen LogP contribution in [0, 0.1) is 17.3 Å². The minimum Gasteiger partial charge on any atom is -0.390 e. The molecule has 6 atom stereocenters. The Morgan fingerprint density at radius 2 is 2.09 bits per heavy atom. The first-order valence-corrected chi connectivity index (χ1v) is 8.28. The first-order valence-electron chi connectivity index (χ1n) is 8.28. The summed E-state index contributed by atoms with van der Waals surface area (Å²) in [4.78, 5) is 11.2. The Kier molecular flexibility index (Phi) is 4.70. The van der Waals surface area contributed by atoms with Crippen molar-refractivity contribution in [2.45, 2.75) is 71.2 Å². The van der Waals surface area contributed by atoms with Gasteiger partial charge in [0.15, 0.2) is 0 Å². The fraction of sp³-hybridized carbons (Fsp3) is 0.737. The number of allylic oxidation sites excluding steroid dienone is 2. The smallest absolute Gasteiger partial charge is 0.132 e. The van der Waals surface area contributed by atoms with Crippen LogP contribution in [-0.2, 0) is 9.53 Å². The average molecular weight is 306 g/mol. The van der Waals surface area contributed by atoms with Crippen molar-refractivity contribution < 1.29 is 14.6 Å². The zero-order chi connectivity index (χ0) is 16.7. The maximum Gasteiger partial charge on any atom is 0.132 e. The van der Waals surface area contributed by atoms with Gasteiger partial charge in [0.05, 0.1) is 11.7 Å². The normalized spacial score (nSPS) is 42.5. The highest BCUT2D eigenvalue weighted by atomic mass is 16.6. The van der Waals surface area contributed by atoms with Crippen molar-refractivity contribution in [1.29, 1.82) is 0 Å². The third-order valence-corrected chi connectivity index (χ3v) is 5.95. The molecule has 6 unspecified atom stereocenters. The summed E-state index contributed by atoms with van der Waals surface area (Å²) in [5, 5.41) is 10.2. The molecule has 1 saturated heterocycles. The highest BCUT2D eigenvalue weighted by Gasteiger charge is 2.61. The summed E-state index contributed by atoms with van der Waals surface area (Å²) in [6.07, 6.45) is 4.50. The van der Waals surface area contributed by atoms with E-state index < -0.39 is 6.10 Å². The van der Waals surface area contributed by atoms with Gasteiger partial charge >= 0.3 is 0 Å². The molecule has 1 N–H and O–H groups in total. The first-order chi connectivity index (χ1) is 10.1. The summed E-state index contributed by atoms with van der Waals surface area (Å²) in [6, 6.07) is 0. The van der Waals surface area contributed by atoms with Gasteiger partial charge in [-0.3, -0.25) is 4.79 Å². The van der Waals surface area contributed by atoms with E-state index in [2.05, 4.69) is 40.0 Å². The SMILES string of the molecule is C=CC1(C)CCC(C2(C)OC2C(O)CC(C)=O)CC1C(=C)C. The minimum absolute atomic E-state index is 0.00744. The van der Waals surface area contributed by atoms with E-state index in [4.69, 9.17) is 4.74 Å². The molecule has 22 heavy (non-hydrogen) atoms. The number of carbonyl (C=O) groups is 1. The number of hydrogen-bond donors (Lipinski definition) is 1. The van der Waals surface area contributed by atoms with Crippen molar-refractivity contribution in [2.24, 2.45) is 17.3 Å². The fourth-order valence-electron chi connectivity index (χ4n) is 4.29. The van der Waals surface area contributed by atoms with Crippen LogP contribution in [0.15, 0.2) is 24.8 Å². The van der Waals surface area contributed by atoms with Gasteiger partial charge in [0.1, 0.15) is 11.9 Å². The lowest BCUT2D eigenvalue weighted by molar-refractivity contribution is -0.119. The van der Waals surface area contributed by atoms with Gasteiger partial charge in [-0.25, -0.2) is 0 Å². The van der Waals surface area contributed by atoms with Crippen molar-refractivity contribution in [2.75, 3.05) is 0 Å². The molecule has 3 nitrogen and oxygen atoms in total. The Hall–Kier alpha value is -0.930. The Balaban J connectivity index is 2.07. The molecule has 124 valence electrons. The van der Waals surface area contributed by atoms with E-state index in [-0.39, 0.29) is 29.3 Å². The summed E-state index contributed by atoms with van der Waals surface area (Å²) in [5.41, 5.74) is 0.990. The quantitative estimate of drug-likeness (QED) is 0.602. The lowest BCUT2D eigenvalue weighted by Gasteiger charge is -2.44. The standard InChI is InChI=1S/C19H30O3/c1-7-18(5)9-8-14(11-15(18)12(2)3)19(6)17(22-19)16(21)10-13(4)20/h7,14-17,21H,1-2,8-11H2,3-6H3. The minimum atomic E-state index is -0.682. The molecule has 0 amide bonds. The van der Waals surface area contributed by atoms with Crippen molar-refractivity contribution in [3.05, 3.63) is 24.8 Å². The molecule has 0 aromatic heterocycles. The van der Waals surface area contributed by atoms with E-state index in [0.717, 1.165) is 19.3 Å². The average Bonchev–Trinajstić information content (AvgIpc) is 3.11. The second-order valence-corrected chi connectivity index (χ2v) is 7.78. The Labute approximate surface area is 134 Å². The highest BCUT2D eigenvalue weighted by Crippen LogP contribution is 2.56. The molecule has 3 heteroatoms. The maximum atomic E-state index is 11.2. The molecule has 1 heterocycles. The number of ketones is 1. The van der Waals surface area contributed by atoms with Crippen LogP contribution in [0.2, 0.25) is 0 Å². The summed E-state index contributed by atoms with van der Waals surface area (Å²) in [5.74, 6) is 0.803. The van der Waals surface area contributed by atoms with Gasteiger partial charge in [-0.2, -0.15) is 0 Å². The number of Topliss-reactive ketones (excluding diaryl/α,β-unsaturated/α-hetero) is 1. The lowest BCUT2D eigenvalue weighted by atomic mass is 9.60. The number of epoxide rings is 1. The zero-order valence-electron chi connectivity index (χ0n) is 14.4. The van der Waals surface area contributed by atoms with Crippen molar-refractivity contribution in [3.63, 3.8) is 0 Å². The molecule has 0 bridgehead atoms. The molecule has 1 aliphatic carbocycles. The zero-order valence-corrected chi connectivity index (χ0v) is 14.4. The molecule has 2 aliphatic rings. The van der Waals surface area contributed by atoms with Crippen LogP contribution in [0.4, 0.5) is 0 Å². The molecule has 2 rings (SSSR count). The van der Waals surface area contributed by atoms with E-state index in [9.17, 15) is 9.90 Å². The molecule has 1 saturated carbocycles. The molecule has 0 aromatic carbocycles. The highest BCUT2D eigenvalue weighted by molar-refractivity contribution is 5.76. The van der Waals surface area contributed by atoms with Crippen LogP contribution in [-0.4, -0.2) is 28.7 Å². The van der Waals surface area contributed by atoms with Gasteiger partial charge in [-0.15, -0.1) is 6.58 Å². The van der Waals surface area contributed by atoms with E-state index in [1.54, 1.807) is 0 Å².